The lowest BCUT2D eigenvalue weighted by Gasteiger charge is -2.47. The fourth-order valence-electron chi connectivity index (χ4n) is 4.21. The molecule has 6 heteroatoms. The van der Waals surface area contributed by atoms with E-state index in [9.17, 15) is 9.18 Å². The minimum Gasteiger partial charge on any atom is -0.335 e. The van der Waals surface area contributed by atoms with E-state index in [0.29, 0.717) is 24.5 Å². The largest absolute Gasteiger partial charge is 0.335 e. The van der Waals surface area contributed by atoms with Crippen molar-refractivity contribution in [3.63, 3.8) is 0 Å². The Morgan fingerprint density at radius 2 is 2.00 bits per heavy atom. The van der Waals surface area contributed by atoms with Crippen LogP contribution in [0.3, 0.4) is 0 Å². The van der Waals surface area contributed by atoms with E-state index in [2.05, 4.69) is 21.8 Å². The highest BCUT2D eigenvalue weighted by Gasteiger charge is 2.52. The van der Waals surface area contributed by atoms with Crippen molar-refractivity contribution in [2.45, 2.75) is 44.3 Å². The third-order valence-electron chi connectivity index (χ3n) is 5.60. The average Bonchev–Trinajstić information content (AvgIpc) is 2.97. The molecule has 0 spiro atoms. The Balaban J connectivity index is 1.65. The SMILES string of the molecule is C[C@]12CCN(c3ncccn3)[C@H]1CCC(=O)N2Cc1ccccc1F. The fourth-order valence-corrected chi connectivity index (χ4v) is 4.21. The van der Waals surface area contributed by atoms with Gasteiger partial charge in [0, 0.05) is 37.5 Å². The molecule has 2 aliphatic rings. The smallest absolute Gasteiger partial charge is 0.225 e. The van der Waals surface area contributed by atoms with Crippen molar-refractivity contribution in [1.82, 2.24) is 14.9 Å². The molecule has 4 rings (SSSR count). The quantitative estimate of drug-likeness (QED) is 0.862. The maximum absolute atomic E-state index is 14.1. The van der Waals surface area contributed by atoms with E-state index in [1.165, 1.54) is 6.07 Å². The predicted octanol–water partition coefficient (Wildman–Crippen LogP) is 2.78. The van der Waals surface area contributed by atoms with Crippen molar-refractivity contribution in [3.05, 3.63) is 54.1 Å². The number of likely N-dealkylation sites (tertiary alicyclic amines) is 1. The first-order valence-corrected chi connectivity index (χ1v) is 8.67. The summed E-state index contributed by atoms with van der Waals surface area (Å²) < 4.78 is 14.1. The Bertz CT molecular complexity index is 784. The van der Waals surface area contributed by atoms with Crippen molar-refractivity contribution in [2.24, 2.45) is 0 Å². The molecule has 2 fully saturated rings. The highest BCUT2D eigenvalue weighted by atomic mass is 19.1. The molecule has 5 nitrogen and oxygen atoms in total. The van der Waals surface area contributed by atoms with Gasteiger partial charge in [0.05, 0.1) is 11.6 Å². The minimum atomic E-state index is -0.336. The number of carbonyl (C=O) groups excluding carboxylic acids is 1. The molecule has 0 aliphatic carbocycles. The normalized spacial score (nSPS) is 26.0. The number of rotatable bonds is 3. The summed E-state index contributed by atoms with van der Waals surface area (Å²) in [6.45, 7) is 3.22. The number of nitrogens with zero attached hydrogens (tertiary/aromatic N) is 4. The van der Waals surface area contributed by atoms with E-state index in [1.807, 2.05) is 11.0 Å². The second-order valence-corrected chi connectivity index (χ2v) is 6.98. The first-order chi connectivity index (χ1) is 12.1. The molecule has 1 aromatic heterocycles. The van der Waals surface area contributed by atoms with Crippen LogP contribution in [-0.4, -0.2) is 38.9 Å². The van der Waals surface area contributed by atoms with E-state index < -0.39 is 0 Å². The van der Waals surface area contributed by atoms with E-state index in [-0.39, 0.29) is 23.3 Å². The number of benzene rings is 1. The molecule has 25 heavy (non-hydrogen) atoms. The molecule has 1 aromatic carbocycles. The first kappa shape index (κ1) is 16.0. The minimum absolute atomic E-state index is 0.0952. The molecule has 3 heterocycles. The summed E-state index contributed by atoms with van der Waals surface area (Å²) in [5, 5.41) is 0. The van der Waals surface area contributed by atoms with E-state index in [4.69, 9.17) is 0 Å². The highest BCUT2D eigenvalue weighted by molar-refractivity contribution is 5.79. The topological polar surface area (TPSA) is 49.3 Å². The summed E-state index contributed by atoms with van der Waals surface area (Å²) in [5.41, 5.74) is 0.226. The molecule has 0 unspecified atom stereocenters. The third kappa shape index (κ3) is 2.65. The maximum atomic E-state index is 14.1. The molecule has 2 atom stereocenters. The number of carbonyl (C=O) groups is 1. The van der Waals surface area contributed by atoms with Gasteiger partial charge in [-0.15, -0.1) is 0 Å². The molecular weight excluding hydrogens is 319 g/mol. The molecule has 0 saturated carbocycles. The molecule has 130 valence electrons. The number of fused-ring (bicyclic) bond motifs is 1. The van der Waals surface area contributed by atoms with Crippen molar-refractivity contribution >= 4 is 11.9 Å². The van der Waals surface area contributed by atoms with E-state index >= 15 is 0 Å². The Morgan fingerprint density at radius 1 is 1.24 bits per heavy atom. The van der Waals surface area contributed by atoms with Crippen molar-refractivity contribution in [2.75, 3.05) is 11.4 Å². The second-order valence-electron chi connectivity index (χ2n) is 6.98. The summed E-state index contributed by atoms with van der Waals surface area (Å²) in [4.78, 5) is 25.5. The van der Waals surface area contributed by atoms with Crippen LogP contribution in [0.15, 0.2) is 42.7 Å². The molecule has 0 radical (unpaired) electrons. The number of halogens is 1. The van der Waals surface area contributed by atoms with E-state index in [1.54, 1.807) is 30.6 Å². The Labute approximate surface area is 146 Å². The molecule has 2 aliphatic heterocycles. The van der Waals surface area contributed by atoms with Crippen molar-refractivity contribution in [1.29, 1.82) is 0 Å². The van der Waals surface area contributed by atoms with Gasteiger partial charge in [0.2, 0.25) is 11.9 Å². The lowest BCUT2D eigenvalue weighted by molar-refractivity contribution is -0.142. The lowest BCUT2D eigenvalue weighted by Crippen LogP contribution is -2.60. The number of aromatic nitrogens is 2. The molecular formula is C19H21FN4O. The standard InChI is InChI=1S/C19H21FN4O/c1-19-9-12-23(18-21-10-4-11-22-18)16(19)7-8-17(25)24(19)13-14-5-2-3-6-15(14)20/h2-6,10-11,16H,7-9,12-13H2,1H3/t16-,19-/m0/s1. The number of anilines is 1. The predicted molar refractivity (Wildman–Crippen MR) is 92.4 cm³/mol. The van der Waals surface area contributed by atoms with Crippen molar-refractivity contribution < 1.29 is 9.18 Å². The summed E-state index contributed by atoms with van der Waals surface area (Å²) in [7, 11) is 0. The molecule has 1 amide bonds. The van der Waals surface area contributed by atoms with Gasteiger partial charge in [-0.2, -0.15) is 0 Å². The van der Waals surface area contributed by atoms with Crippen LogP contribution >= 0.6 is 0 Å². The summed E-state index contributed by atoms with van der Waals surface area (Å²) in [6.07, 6.45) is 5.56. The Hall–Kier alpha value is -2.50. The monoisotopic (exact) mass is 340 g/mol. The molecule has 2 aromatic rings. The van der Waals surface area contributed by atoms with Crippen LogP contribution in [0.2, 0.25) is 0 Å². The fraction of sp³-hybridized carbons (Fsp3) is 0.421. The molecule has 0 bridgehead atoms. The van der Waals surface area contributed by atoms with E-state index in [0.717, 1.165) is 19.4 Å². The number of piperidine rings is 1. The number of amides is 1. The van der Waals surface area contributed by atoms with Crippen LogP contribution in [0, 0.1) is 5.82 Å². The zero-order valence-electron chi connectivity index (χ0n) is 14.2. The Kier molecular flexibility index (Phi) is 3.90. The number of hydrogen-bond acceptors (Lipinski definition) is 4. The van der Waals surface area contributed by atoms with Gasteiger partial charge in [0.25, 0.3) is 0 Å². The van der Waals surface area contributed by atoms with Gasteiger partial charge >= 0.3 is 0 Å². The zero-order chi connectivity index (χ0) is 17.4. The van der Waals surface area contributed by atoms with Gasteiger partial charge in [0.1, 0.15) is 5.82 Å². The van der Waals surface area contributed by atoms with Gasteiger partial charge < -0.3 is 9.80 Å². The van der Waals surface area contributed by atoms with Crippen LogP contribution in [0.4, 0.5) is 10.3 Å². The highest BCUT2D eigenvalue weighted by Crippen LogP contribution is 2.42. The lowest BCUT2D eigenvalue weighted by atomic mass is 9.83. The van der Waals surface area contributed by atoms with Crippen LogP contribution in [0.1, 0.15) is 31.7 Å². The van der Waals surface area contributed by atoms with Gasteiger partial charge in [-0.25, -0.2) is 14.4 Å². The molecule has 0 N–H and O–H groups in total. The zero-order valence-corrected chi connectivity index (χ0v) is 14.2. The van der Waals surface area contributed by atoms with Crippen LogP contribution < -0.4 is 4.90 Å². The Morgan fingerprint density at radius 3 is 2.76 bits per heavy atom. The summed E-state index contributed by atoms with van der Waals surface area (Å²) >= 11 is 0. The molecule has 2 saturated heterocycles. The first-order valence-electron chi connectivity index (χ1n) is 8.67. The van der Waals surface area contributed by atoms with Crippen LogP contribution in [0.25, 0.3) is 0 Å². The van der Waals surface area contributed by atoms with Gasteiger partial charge in [-0.3, -0.25) is 4.79 Å². The summed E-state index contributed by atoms with van der Waals surface area (Å²) in [6, 6.07) is 8.63. The van der Waals surface area contributed by atoms with Gasteiger partial charge in [-0.05, 0) is 31.9 Å². The average molecular weight is 340 g/mol. The summed E-state index contributed by atoms with van der Waals surface area (Å²) in [5.74, 6) is 0.538. The van der Waals surface area contributed by atoms with Gasteiger partial charge in [0.15, 0.2) is 0 Å². The number of hydrogen-bond donors (Lipinski definition) is 0. The second kappa shape index (κ2) is 6.10. The van der Waals surface area contributed by atoms with Crippen LogP contribution in [0.5, 0.6) is 0 Å². The maximum Gasteiger partial charge on any atom is 0.225 e. The van der Waals surface area contributed by atoms with Gasteiger partial charge in [-0.1, -0.05) is 18.2 Å². The van der Waals surface area contributed by atoms with Crippen molar-refractivity contribution in [3.8, 4) is 0 Å². The third-order valence-corrected chi connectivity index (χ3v) is 5.60. The van der Waals surface area contributed by atoms with Crippen LogP contribution in [-0.2, 0) is 11.3 Å².